The molecule has 1 fully saturated rings. The molecule has 0 radical (unpaired) electrons. The van der Waals surface area contributed by atoms with Crippen LogP contribution in [0.25, 0.3) is 6.08 Å². The van der Waals surface area contributed by atoms with Crippen LogP contribution in [0, 0.1) is 0 Å². The van der Waals surface area contributed by atoms with E-state index in [1.807, 2.05) is 6.07 Å². The van der Waals surface area contributed by atoms with E-state index in [4.69, 9.17) is 28.6 Å². The molecular formula is C11H8ClNO2S2. The summed E-state index contributed by atoms with van der Waals surface area (Å²) in [6.45, 7) is 0. The molecule has 1 aliphatic rings. The Morgan fingerprint density at radius 1 is 1.53 bits per heavy atom. The Labute approximate surface area is 113 Å². The molecule has 1 saturated heterocycles. The van der Waals surface area contributed by atoms with Gasteiger partial charge in [0.1, 0.15) is 10.1 Å². The zero-order valence-corrected chi connectivity index (χ0v) is 11.2. The lowest BCUT2D eigenvalue weighted by Crippen LogP contribution is -2.17. The summed E-state index contributed by atoms with van der Waals surface area (Å²) in [7, 11) is 1.55. The van der Waals surface area contributed by atoms with Crippen LogP contribution in [0.1, 0.15) is 5.56 Å². The smallest absolute Gasteiger partial charge is 0.263 e. The number of hydrogen-bond donors (Lipinski definition) is 1. The zero-order valence-electron chi connectivity index (χ0n) is 8.82. The maximum Gasteiger partial charge on any atom is 0.263 e. The number of carbonyl (C=O) groups excluding carboxylic acids is 1. The number of ether oxygens (including phenoxy) is 1. The van der Waals surface area contributed by atoms with Crippen molar-refractivity contribution in [1.29, 1.82) is 0 Å². The first-order valence-electron chi connectivity index (χ1n) is 4.68. The first kappa shape index (κ1) is 12.4. The van der Waals surface area contributed by atoms with Gasteiger partial charge in [0.2, 0.25) is 0 Å². The second-order valence-corrected chi connectivity index (χ2v) is 5.37. The van der Waals surface area contributed by atoms with Gasteiger partial charge in [-0.2, -0.15) is 0 Å². The fourth-order valence-corrected chi connectivity index (χ4v) is 2.66. The second kappa shape index (κ2) is 5.08. The lowest BCUT2D eigenvalue weighted by atomic mass is 10.2. The summed E-state index contributed by atoms with van der Waals surface area (Å²) in [6, 6.07) is 5.32. The van der Waals surface area contributed by atoms with Crippen molar-refractivity contribution in [3.05, 3.63) is 33.7 Å². The Kier molecular flexibility index (Phi) is 3.71. The summed E-state index contributed by atoms with van der Waals surface area (Å²) < 4.78 is 5.52. The van der Waals surface area contributed by atoms with E-state index in [0.29, 0.717) is 20.0 Å². The third-order valence-corrected chi connectivity index (χ3v) is 3.57. The van der Waals surface area contributed by atoms with Gasteiger partial charge < -0.3 is 10.1 Å². The Balaban J connectivity index is 2.30. The highest BCUT2D eigenvalue weighted by Crippen LogP contribution is 2.29. The van der Waals surface area contributed by atoms with Gasteiger partial charge in [-0.3, -0.25) is 4.79 Å². The minimum atomic E-state index is -0.174. The van der Waals surface area contributed by atoms with E-state index < -0.39 is 0 Å². The minimum absolute atomic E-state index is 0.174. The molecule has 1 aromatic carbocycles. The molecular weight excluding hydrogens is 278 g/mol. The molecule has 0 aromatic heterocycles. The highest BCUT2D eigenvalue weighted by Gasteiger charge is 2.21. The van der Waals surface area contributed by atoms with Gasteiger partial charge in [-0.05, 0) is 23.8 Å². The normalized spacial score (nSPS) is 17.4. The number of benzene rings is 1. The van der Waals surface area contributed by atoms with Crippen LogP contribution in [-0.4, -0.2) is 17.3 Å². The summed E-state index contributed by atoms with van der Waals surface area (Å²) in [5.41, 5.74) is 0.832. The maximum atomic E-state index is 11.5. The van der Waals surface area contributed by atoms with Gasteiger partial charge in [-0.1, -0.05) is 41.6 Å². The first-order chi connectivity index (χ1) is 8.10. The molecule has 88 valence electrons. The molecule has 0 spiro atoms. The van der Waals surface area contributed by atoms with E-state index in [-0.39, 0.29) is 5.91 Å². The SMILES string of the molecule is COc1ccc(/C=C2\SC(=S)NC2=O)cc1Cl. The van der Waals surface area contributed by atoms with Crippen LogP contribution in [0.2, 0.25) is 5.02 Å². The van der Waals surface area contributed by atoms with Crippen LogP contribution in [-0.2, 0) is 4.79 Å². The summed E-state index contributed by atoms with van der Waals surface area (Å²) in [4.78, 5) is 12.0. The quantitative estimate of drug-likeness (QED) is 0.670. The topological polar surface area (TPSA) is 38.3 Å². The van der Waals surface area contributed by atoms with Crippen molar-refractivity contribution in [3.63, 3.8) is 0 Å². The number of thioether (sulfide) groups is 1. The Morgan fingerprint density at radius 3 is 2.82 bits per heavy atom. The molecule has 17 heavy (non-hydrogen) atoms. The highest BCUT2D eigenvalue weighted by atomic mass is 35.5. The van der Waals surface area contributed by atoms with E-state index in [0.717, 1.165) is 5.56 Å². The molecule has 3 nitrogen and oxygen atoms in total. The van der Waals surface area contributed by atoms with Crippen LogP contribution in [0.4, 0.5) is 0 Å². The standard InChI is InChI=1S/C11H8ClNO2S2/c1-15-8-3-2-6(4-7(8)12)5-9-10(14)13-11(16)17-9/h2-5H,1H3,(H,13,14,16)/b9-5-. The summed E-state index contributed by atoms with van der Waals surface area (Å²) in [6.07, 6.45) is 1.74. The first-order valence-corrected chi connectivity index (χ1v) is 6.29. The van der Waals surface area contributed by atoms with Crippen LogP contribution in [0.5, 0.6) is 5.75 Å². The largest absolute Gasteiger partial charge is 0.495 e. The molecule has 0 unspecified atom stereocenters. The number of nitrogens with one attached hydrogen (secondary N) is 1. The van der Waals surface area contributed by atoms with Gasteiger partial charge in [-0.15, -0.1) is 0 Å². The molecule has 0 atom stereocenters. The molecule has 1 aliphatic heterocycles. The van der Waals surface area contributed by atoms with Crippen molar-refractivity contribution in [2.75, 3.05) is 7.11 Å². The monoisotopic (exact) mass is 285 g/mol. The van der Waals surface area contributed by atoms with Crippen LogP contribution in [0.15, 0.2) is 23.1 Å². The van der Waals surface area contributed by atoms with Crippen LogP contribution in [0.3, 0.4) is 0 Å². The zero-order chi connectivity index (χ0) is 12.4. The molecule has 1 heterocycles. The lowest BCUT2D eigenvalue weighted by molar-refractivity contribution is -0.115. The summed E-state index contributed by atoms with van der Waals surface area (Å²) in [5, 5.41) is 3.06. The van der Waals surface area contributed by atoms with Gasteiger partial charge in [0.15, 0.2) is 0 Å². The second-order valence-electron chi connectivity index (χ2n) is 3.25. The number of hydrogen-bond acceptors (Lipinski definition) is 4. The predicted molar refractivity (Wildman–Crippen MR) is 74.3 cm³/mol. The van der Waals surface area contributed by atoms with Crippen LogP contribution < -0.4 is 10.1 Å². The number of rotatable bonds is 2. The van der Waals surface area contributed by atoms with Gasteiger partial charge >= 0.3 is 0 Å². The number of methoxy groups -OCH3 is 1. The van der Waals surface area contributed by atoms with Gasteiger partial charge in [0, 0.05) is 0 Å². The Morgan fingerprint density at radius 2 is 2.29 bits per heavy atom. The average Bonchev–Trinajstić information content (AvgIpc) is 2.58. The van der Waals surface area contributed by atoms with E-state index in [9.17, 15) is 4.79 Å². The van der Waals surface area contributed by atoms with Crippen molar-refractivity contribution in [2.24, 2.45) is 0 Å². The molecule has 0 aliphatic carbocycles. The lowest BCUT2D eigenvalue weighted by Gasteiger charge is -2.03. The van der Waals surface area contributed by atoms with Crippen LogP contribution >= 0.6 is 35.6 Å². The Bertz CT molecular complexity index is 528. The van der Waals surface area contributed by atoms with E-state index in [1.165, 1.54) is 11.8 Å². The fourth-order valence-electron chi connectivity index (χ4n) is 1.34. The number of halogens is 1. The molecule has 1 N–H and O–H groups in total. The third-order valence-electron chi connectivity index (χ3n) is 2.12. The van der Waals surface area contributed by atoms with Crippen molar-refractivity contribution in [2.45, 2.75) is 0 Å². The van der Waals surface area contributed by atoms with Crippen molar-refractivity contribution in [1.82, 2.24) is 5.32 Å². The summed E-state index contributed by atoms with van der Waals surface area (Å²) >= 11 is 12.1. The minimum Gasteiger partial charge on any atom is -0.495 e. The summed E-state index contributed by atoms with van der Waals surface area (Å²) in [5.74, 6) is 0.430. The van der Waals surface area contributed by atoms with Crippen molar-refractivity contribution >= 4 is 51.9 Å². The number of thiocarbonyl (C=S) groups is 1. The average molecular weight is 286 g/mol. The fraction of sp³-hybridized carbons (Fsp3) is 0.0909. The van der Waals surface area contributed by atoms with E-state index in [1.54, 1.807) is 25.3 Å². The number of carbonyl (C=O) groups is 1. The van der Waals surface area contributed by atoms with Gasteiger partial charge in [-0.25, -0.2) is 0 Å². The van der Waals surface area contributed by atoms with E-state index >= 15 is 0 Å². The highest BCUT2D eigenvalue weighted by molar-refractivity contribution is 8.26. The number of amides is 1. The third kappa shape index (κ3) is 2.80. The van der Waals surface area contributed by atoms with Gasteiger partial charge in [0.05, 0.1) is 17.0 Å². The molecule has 0 saturated carbocycles. The Hall–Kier alpha value is -1.04. The van der Waals surface area contributed by atoms with E-state index in [2.05, 4.69) is 5.32 Å². The predicted octanol–water partition coefficient (Wildman–Crippen LogP) is 2.84. The van der Waals surface area contributed by atoms with Crippen molar-refractivity contribution in [3.8, 4) is 5.75 Å². The molecule has 0 bridgehead atoms. The maximum absolute atomic E-state index is 11.5. The van der Waals surface area contributed by atoms with Gasteiger partial charge in [0.25, 0.3) is 5.91 Å². The molecule has 1 amide bonds. The molecule has 1 aromatic rings. The van der Waals surface area contributed by atoms with Crippen molar-refractivity contribution < 1.29 is 9.53 Å². The molecule has 6 heteroatoms. The molecule has 2 rings (SSSR count).